The Morgan fingerprint density at radius 1 is 1.37 bits per heavy atom. The lowest BCUT2D eigenvalue weighted by Gasteiger charge is -2.30. The number of hydrogen-bond donors (Lipinski definition) is 1. The van der Waals surface area contributed by atoms with Crippen LogP contribution in [0.25, 0.3) is 0 Å². The van der Waals surface area contributed by atoms with Gasteiger partial charge in [0.05, 0.1) is 23.4 Å². The lowest BCUT2D eigenvalue weighted by molar-refractivity contribution is 0.199. The average Bonchev–Trinajstić information content (AvgIpc) is 2.85. The topological polar surface area (TPSA) is 41.3 Å². The van der Waals surface area contributed by atoms with Gasteiger partial charge >= 0.3 is 0 Å². The minimum absolute atomic E-state index is 0.494. The minimum Gasteiger partial charge on any atom is -0.389 e. The van der Waals surface area contributed by atoms with Crippen molar-refractivity contribution in [2.24, 2.45) is 0 Å². The van der Waals surface area contributed by atoms with E-state index in [1.807, 2.05) is 30.6 Å². The van der Waals surface area contributed by atoms with Crippen molar-refractivity contribution in [3.63, 3.8) is 0 Å². The van der Waals surface area contributed by atoms with E-state index in [9.17, 15) is 5.11 Å². The van der Waals surface area contributed by atoms with Gasteiger partial charge in [0.25, 0.3) is 0 Å². The van der Waals surface area contributed by atoms with E-state index in [-0.39, 0.29) is 0 Å². The third kappa shape index (κ3) is 2.33. The molecular weight excluding hydrogens is 262 g/mol. The molecule has 1 N–H and O–H groups in total. The summed E-state index contributed by atoms with van der Waals surface area (Å²) in [6.45, 7) is 4.34. The van der Waals surface area contributed by atoms with Gasteiger partial charge in [-0.15, -0.1) is 0 Å². The molecule has 3 rings (SSSR count). The third-order valence-corrected chi connectivity index (χ3v) is 3.84. The zero-order valence-corrected chi connectivity index (χ0v) is 11.5. The molecule has 5 heteroatoms. The molecule has 0 saturated heterocycles. The number of rotatable bonds is 2. The lowest BCUT2D eigenvalue weighted by Crippen LogP contribution is -2.33. The molecule has 1 aromatic heterocycles. The Kier molecular flexibility index (Phi) is 3.21. The summed E-state index contributed by atoms with van der Waals surface area (Å²) < 4.78 is 2.16. The van der Waals surface area contributed by atoms with Gasteiger partial charge in [0.1, 0.15) is 5.82 Å². The van der Waals surface area contributed by atoms with Crippen molar-refractivity contribution in [3.8, 4) is 0 Å². The summed E-state index contributed by atoms with van der Waals surface area (Å²) in [6, 6.07) is 5.73. The monoisotopic (exact) mass is 277 g/mol. The summed E-state index contributed by atoms with van der Waals surface area (Å²) in [5.41, 5.74) is 1.84. The van der Waals surface area contributed by atoms with Crippen LogP contribution in [0.2, 0.25) is 5.02 Å². The van der Waals surface area contributed by atoms with E-state index < -0.39 is 6.10 Å². The maximum absolute atomic E-state index is 9.57. The Hall–Kier alpha value is -1.52. The van der Waals surface area contributed by atoms with Gasteiger partial charge in [-0.2, -0.15) is 0 Å². The zero-order chi connectivity index (χ0) is 13.4. The number of anilines is 1. The number of benzene rings is 1. The normalized spacial score (nSPS) is 16.3. The number of fused-ring (bicyclic) bond motifs is 1. The largest absolute Gasteiger partial charge is 0.389 e. The number of aromatic nitrogens is 2. The summed E-state index contributed by atoms with van der Waals surface area (Å²) in [5, 5.41) is 10.2. The molecule has 1 atom stereocenters. The predicted octanol–water partition coefficient (Wildman–Crippen LogP) is 2.61. The van der Waals surface area contributed by atoms with Gasteiger partial charge in [0, 0.05) is 25.5 Å². The molecule has 0 unspecified atom stereocenters. The van der Waals surface area contributed by atoms with Crippen LogP contribution in [0, 0.1) is 0 Å². The van der Waals surface area contributed by atoms with Gasteiger partial charge in [-0.05, 0) is 24.6 Å². The van der Waals surface area contributed by atoms with Gasteiger partial charge in [-0.3, -0.25) is 0 Å². The Balaban J connectivity index is 1.88. The minimum atomic E-state index is -0.494. The Bertz CT molecular complexity index is 594. The number of imidazole rings is 1. The second-order valence-corrected chi connectivity index (χ2v) is 5.25. The van der Waals surface area contributed by atoms with Crippen LogP contribution in [0.1, 0.15) is 24.4 Å². The fourth-order valence-electron chi connectivity index (χ4n) is 2.42. The fraction of sp³-hybridized carbons (Fsp3) is 0.357. The van der Waals surface area contributed by atoms with Crippen LogP contribution in [0.4, 0.5) is 5.69 Å². The molecule has 0 amide bonds. The molecule has 2 heterocycles. The molecule has 1 aliphatic heterocycles. The number of nitrogens with zero attached hydrogens (tertiary/aromatic N) is 3. The average molecular weight is 278 g/mol. The van der Waals surface area contributed by atoms with Gasteiger partial charge < -0.3 is 14.6 Å². The van der Waals surface area contributed by atoms with Crippen LogP contribution in [-0.2, 0) is 13.1 Å². The number of hydrogen-bond acceptors (Lipinski definition) is 3. The van der Waals surface area contributed by atoms with Crippen molar-refractivity contribution >= 4 is 17.3 Å². The first-order chi connectivity index (χ1) is 9.15. The van der Waals surface area contributed by atoms with Crippen molar-refractivity contribution < 1.29 is 5.11 Å². The Morgan fingerprint density at radius 2 is 2.21 bits per heavy atom. The van der Waals surface area contributed by atoms with Crippen molar-refractivity contribution in [2.75, 3.05) is 11.4 Å². The number of halogens is 1. The zero-order valence-electron chi connectivity index (χ0n) is 10.8. The van der Waals surface area contributed by atoms with E-state index in [2.05, 4.69) is 14.5 Å². The van der Waals surface area contributed by atoms with Crippen LogP contribution in [-0.4, -0.2) is 21.2 Å². The van der Waals surface area contributed by atoms with Gasteiger partial charge in [-0.1, -0.05) is 17.7 Å². The van der Waals surface area contributed by atoms with Crippen LogP contribution >= 0.6 is 11.6 Å². The Morgan fingerprint density at radius 3 is 2.95 bits per heavy atom. The second kappa shape index (κ2) is 4.87. The molecule has 2 aromatic rings. The molecule has 1 aliphatic rings. The van der Waals surface area contributed by atoms with Crippen LogP contribution < -0.4 is 4.90 Å². The van der Waals surface area contributed by atoms with E-state index in [0.717, 1.165) is 36.7 Å². The van der Waals surface area contributed by atoms with Crippen molar-refractivity contribution in [1.29, 1.82) is 0 Å². The number of aliphatic hydroxyl groups excluding tert-OH is 1. The maximum Gasteiger partial charge on any atom is 0.128 e. The summed E-state index contributed by atoms with van der Waals surface area (Å²) in [6.07, 6.45) is 3.34. The van der Waals surface area contributed by atoms with Crippen LogP contribution in [0.3, 0.4) is 0 Å². The number of aliphatic hydroxyl groups is 1. The summed E-state index contributed by atoms with van der Waals surface area (Å²) in [7, 11) is 0. The highest BCUT2D eigenvalue weighted by molar-refractivity contribution is 6.33. The second-order valence-electron chi connectivity index (χ2n) is 4.85. The van der Waals surface area contributed by atoms with Crippen LogP contribution in [0.15, 0.2) is 30.6 Å². The summed E-state index contributed by atoms with van der Waals surface area (Å²) in [5.74, 6) is 1.06. The smallest absolute Gasteiger partial charge is 0.128 e. The first kappa shape index (κ1) is 12.5. The molecular formula is C14H16ClN3O. The van der Waals surface area contributed by atoms with E-state index in [0.29, 0.717) is 5.02 Å². The molecule has 19 heavy (non-hydrogen) atoms. The van der Waals surface area contributed by atoms with Gasteiger partial charge in [0.2, 0.25) is 0 Å². The Labute approximate surface area is 117 Å². The molecule has 1 aromatic carbocycles. The molecule has 0 fully saturated rings. The van der Waals surface area contributed by atoms with Gasteiger partial charge in [0.15, 0.2) is 0 Å². The molecule has 0 aliphatic carbocycles. The van der Waals surface area contributed by atoms with Crippen molar-refractivity contribution in [3.05, 3.63) is 47.0 Å². The van der Waals surface area contributed by atoms with Gasteiger partial charge in [-0.25, -0.2) is 4.98 Å². The van der Waals surface area contributed by atoms with E-state index in [1.54, 1.807) is 6.92 Å². The molecule has 100 valence electrons. The van der Waals surface area contributed by atoms with E-state index in [1.165, 1.54) is 0 Å². The van der Waals surface area contributed by atoms with Crippen molar-refractivity contribution in [1.82, 2.24) is 9.55 Å². The summed E-state index contributed by atoms with van der Waals surface area (Å²) in [4.78, 5) is 6.56. The van der Waals surface area contributed by atoms with Crippen LogP contribution in [0.5, 0.6) is 0 Å². The van der Waals surface area contributed by atoms with E-state index in [4.69, 9.17) is 11.6 Å². The van der Waals surface area contributed by atoms with Crippen molar-refractivity contribution in [2.45, 2.75) is 26.1 Å². The molecule has 0 spiro atoms. The predicted molar refractivity (Wildman–Crippen MR) is 75.4 cm³/mol. The molecule has 0 radical (unpaired) electrons. The molecule has 0 saturated carbocycles. The maximum atomic E-state index is 9.57. The quantitative estimate of drug-likeness (QED) is 0.917. The molecule has 0 bridgehead atoms. The molecule has 4 nitrogen and oxygen atoms in total. The highest BCUT2D eigenvalue weighted by Crippen LogP contribution is 2.31. The standard InChI is InChI=1S/C14H16ClN3O/c1-10(19)11-2-3-13(12(15)8-11)18-7-6-17-5-4-16-14(17)9-18/h2-5,8,10,19H,6-7,9H2,1H3/t10-/m0/s1. The fourth-order valence-corrected chi connectivity index (χ4v) is 2.73. The first-order valence-corrected chi connectivity index (χ1v) is 6.75. The highest BCUT2D eigenvalue weighted by Gasteiger charge is 2.19. The summed E-state index contributed by atoms with van der Waals surface area (Å²) >= 11 is 6.33. The first-order valence-electron chi connectivity index (χ1n) is 6.37. The third-order valence-electron chi connectivity index (χ3n) is 3.54. The lowest BCUT2D eigenvalue weighted by atomic mass is 10.1. The van der Waals surface area contributed by atoms with E-state index >= 15 is 0 Å². The SMILES string of the molecule is C[C@H](O)c1ccc(N2CCn3ccnc3C2)c(Cl)c1. The highest BCUT2D eigenvalue weighted by atomic mass is 35.5.